The van der Waals surface area contributed by atoms with Gasteiger partial charge in [-0.05, 0) is 100 Å². The fraction of sp³-hybridized carbons (Fsp3) is 0.424. The molecule has 4 rings (SSSR count). The second-order valence-corrected chi connectivity index (χ2v) is 11.9. The van der Waals surface area contributed by atoms with Crippen LogP contribution in [0.15, 0.2) is 58.4 Å². The van der Waals surface area contributed by atoms with Crippen LogP contribution in [0, 0.1) is 5.82 Å². The zero-order valence-corrected chi connectivity index (χ0v) is 26.9. The Morgan fingerprint density at radius 3 is 2.48 bits per heavy atom. The van der Waals surface area contributed by atoms with Crippen LogP contribution in [0.25, 0.3) is 28.0 Å². The molecule has 0 saturated carbocycles. The van der Waals surface area contributed by atoms with Crippen molar-refractivity contribution in [3.05, 3.63) is 76.1 Å². The summed E-state index contributed by atoms with van der Waals surface area (Å²) in [6.45, 7) is 4.52. The van der Waals surface area contributed by atoms with Gasteiger partial charge in [-0.25, -0.2) is 9.18 Å². The minimum atomic E-state index is -5.09. The Kier molecular flexibility index (Phi) is 12.2. The quantitative estimate of drug-likeness (QED) is 0.0569. The Labute approximate surface area is 275 Å². The monoisotopic (exact) mass is 674 g/mol. The molecule has 260 valence electrons. The standard InChI is InChI=1S/C33H42F4N8O3/c1-19(38)5-3-6-21-15-26(29(34)28(16-21)48-33(35,36)37)27-17-23-18-45(32(47)44-30(23)43-27)25-10-8-22(9-11-25)20(2)41-13-12-24(7-4-14-46)42-31(39)40/h8-11,15-20,24,41,46H,3-7,12-14,38H2,1-2H3,(H4,39,40,42)(H,43,44,47)/t19-,20-,24+/m0/s1. The fourth-order valence-corrected chi connectivity index (χ4v) is 5.47. The van der Waals surface area contributed by atoms with Crippen molar-refractivity contribution in [1.82, 2.24) is 19.9 Å². The van der Waals surface area contributed by atoms with Crippen LogP contribution >= 0.6 is 0 Å². The van der Waals surface area contributed by atoms with Crippen LogP contribution in [0.2, 0.25) is 0 Å². The molecule has 0 spiro atoms. The second-order valence-electron chi connectivity index (χ2n) is 11.9. The number of aromatic amines is 1. The number of aliphatic imine (C=N–C) groups is 1. The zero-order valence-electron chi connectivity index (χ0n) is 26.9. The van der Waals surface area contributed by atoms with E-state index >= 15 is 4.39 Å². The van der Waals surface area contributed by atoms with Gasteiger partial charge in [0.15, 0.2) is 17.5 Å². The average Bonchev–Trinajstić information content (AvgIpc) is 3.42. The van der Waals surface area contributed by atoms with E-state index in [9.17, 15) is 18.0 Å². The van der Waals surface area contributed by atoms with Crippen molar-refractivity contribution in [2.45, 2.75) is 76.9 Å². The van der Waals surface area contributed by atoms with Gasteiger partial charge in [0.05, 0.1) is 17.4 Å². The van der Waals surface area contributed by atoms with E-state index in [1.54, 1.807) is 12.1 Å². The molecule has 11 nitrogen and oxygen atoms in total. The van der Waals surface area contributed by atoms with E-state index in [4.69, 9.17) is 22.3 Å². The van der Waals surface area contributed by atoms with Gasteiger partial charge in [0.2, 0.25) is 0 Å². The smallest absolute Gasteiger partial charge is 0.403 e. The van der Waals surface area contributed by atoms with E-state index in [0.29, 0.717) is 61.7 Å². The predicted octanol–water partition coefficient (Wildman–Crippen LogP) is 4.54. The lowest BCUT2D eigenvalue weighted by atomic mass is 10.0. The number of aryl methyl sites for hydroxylation is 1. The molecule has 2 heterocycles. The fourth-order valence-electron chi connectivity index (χ4n) is 5.47. The lowest BCUT2D eigenvalue weighted by molar-refractivity contribution is -0.275. The molecule has 15 heteroatoms. The van der Waals surface area contributed by atoms with Gasteiger partial charge >= 0.3 is 12.1 Å². The number of rotatable bonds is 16. The summed E-state index contributed by atoms with van der Waals surface area (Å²) in [5.41, 5.74) is 18.4. The third kappa shape index (κ3) is 10.0. The van der Waals surface area contributed by atoms with Crippen LogP contribution in [0.5, 0.6) is 5.75 Å². The Morgan fingerprint density at radius 1 is 1.10 bits per heavy atom. The van der Waals surface area contributed by atoms with Crippen molar-refractivity contribution in [2.24, 2.45) is 22.2 Å². The number of halogens is 4. The minimum Gasteiger partial charge on any atom is -0.403 e. The number of hydrogen-bond acceptors (Lipinski definition) is 7. The molecule has 3 atom stereocenters. The molecule has 0 unspecified atom stereocenters. The SMILES string of the molecule is C[C@H](N)CCCc1cc(OC(F)(F)F)c(F)c(-c2cc3cn(-c4ccc([C@H](C)NCC[C@@H](CCCO)N=C(N)N)cc4)c(=O)nc3[nH]2)c1. The molecule has 0 amide bonds. The van der Waals surface area contributed by atoms with Crippen molar-refractivity contribution in [3.63, 3.8) is 0 Å². The molecule has 4 aromatic rings. The topological polar surface area (TPSA) is 183 Å². The number of hydrogen-bond donors (Lipinski definition) is 6. The number of nitrogens with two attached hydrogens (primary N) is 3. The molecule has 9 N–H and O–H groups in total. The first-order chi connectivity index (χ1) is 22.7. The Hall–Kier alpha value is -4.47. The normalized spacial score (nSPS) is 13.8. The van der Waals surface area contributed by atoms with Crippen molar-refractivity contribution >= 4 is 17.0 Å². The maximum Gasteiger partial charge on any atom is 0.573 e. The first kappa shape index (κ1) is 36.4. The number of nitrogens with one attached hydrogen (secondary N) is 2. The number of nitrogens with zero attached hydrogens (tertiary/aromatic N) is 3. The van der Waals surface area contributed by atoms with E-state index in [1.807, 2.05) is 26.0 Å². The molecule has 2 aromatic carbocycles. The van der Waals surface area contributed by atoms with Crippen LogP contribution in [-0.4, -0.2) is 57.2 Å². The number of aromatic nitrogens is 3. The highest BCUT2D eigenvalue weighted by molar-refractivity contribution is 5.83. The van der Waals surface area contributed by atoms with E-state index in [0.717, 1.165) is 11.6 Å². The summed E-state index contributed by atoms with van der Waals surface area (Å²) < 4.78 is 60.1. The van der Waals surface area contributed by atoms with Crippen LogP contribution in [0.3, 0.4) is 0 Å². The summed E-state index contributed by atoms with van der Waals surface area (Å²) in [6, 6.07) is 11.1. The highest BCUT2D eigenvalue weighted by Crippen LogP contribution is 2.35. The summed E-state index contributed by atoms with van der Waals surface area (Å²) in [5.74, 6) is -2.13. The number of ether oxygens (including phenoxy) is 1. The van der Waals surface area contributed by atoms with Crippen molar-refractivity contribution in [1.29, 1.82) is 0 Å². The molecule has 0 aliphatic carbocycles. The number of alkyl halides is 3. The summed E-state index contributed by atoms with van der Waals surface area (Å²) in [5, 5.41) is 13.0. The van der Waals surface area contributed by atoms with Gasteiger partial charge in [-0.15, -0.1) is 13.2 Å². The lowest BCUT2D eigenvalue weighted by Crippen LogP contribution is -2.28. The molecule has 0 aliphatic rings. The molecule has 48 heavy (non-hydrogen) atoms. The van der Waals surface area contributed by atoms with Gasteiger partial charge < -0.3 is 37.3 Å². The molecule has 0 fully saturated rings. The third-order valence-corrected chi connectivity index (χ3v) is 7.87. The number of aliphatic hydroxyl groups excluding tert-OH is 1. The van der Waals surface area contributed by atoms with E-state index < -0.39 is 23.6 Å². The Balaban J connectivity index is 1.55. The summed E-state index contributed by atoms with van der Waals surface area (Å²) in [6.07, 6.45) is -0.0323. The highest BCUT2D eigenvalue weighted by Gasteiger charge is 2.33. The first-order valence-corrected chi connectivity index (χ1v) is 15.7. The van der Waals surface area contributed by atoms with Crippen molar-refractivity contribution in [2.75, 3.05) is 13.2 Å². The van der Waals surface area contributed by atoms with E-state index in [1.165, 1.54) is 22.9 Å². The number of benzene rings is 2. The van der Waals surface area contributed by atoms with Gasteiger partial charge in [0.1, 0.15) is 5.65 Å². The van der Waals surface area contributed by atoms with Crippen molar-refractivity contribution in [3.8, 4) is 22.7 Å². The van der Waals surface area contributed by atoms with Gasteiger partial charge in [0.25, 0.3) is 0 Å². The molecule has 0 saturated heterocycles. The van der Waals surface area contributed by atoms with Gasteiger partial charge in [-0.2, -0.15) is 4.98 Å². The van der Waals surface area contributed by atoms with Crippen LogP contribution in [0.1, 0.15) is 63.1 Å². The average molecular weight is 675 g/mol. The van der Waals surface area contributed by atoms with Gasteiger partial charge in [-0.1, -0.05) is 12.1 Å². The zero-order chi connectivity index (χ0) is 35.0. The Bertz CT molecular complexity index is 1750. The maximum absolute atomic E-state index is 15.4. The molecule has 0 bridgehead atoms. The highest BCUT2D eigenvalue weighted by atomic mass is 19.4. The second kappa shape index (κ2) is 16.1. The lowest BCUT2D eigenvalue weighted by Gasteiger charge is -2.17. The minimum absolute atomic E-state index is 0.00941. The molecule has 0 aliphatic heterocycles. The largest absolute Gasteiger partial charge is 0.573 e. The van der Waals surface area contributed by atoms with Crippen molar-refractivity contribution < 1.29 is 27.4 Å². The molecule has 0 radical (unpaired) electrons. The van der Waals surface area contributed by atoms with Gasteiger partial charge in [0, 0.05) is 35.8 Å². The number of fused-ring (bicyclic) bond motifs is 1. The summed E-state index contributed by atoms with van der Waals surface area (Å²) in [7, 11) is 0. The maximum atomic E-state index is 15.4. The number of aliphatic hydroxyl groups is 1. The van der Waals surface area contributed by atoms with E-state index in [-0.39, 0.29) is 47.6 Å². The molecule has 2 aromatic heterocycles. The predicted molar refractivity (Wildman–Crippen MR) is 177 cm³/mol. The van der Waals surface area contributed by atoms with E-state index in [2.05, 4.69) is 25.0 Å². The number of guanidine groups is 1. The molecular weight excluding hydrogens is 632 g/mol. The third-order valence-electron chi connectivity index (χ3n) is 7.87. The van der Waals surface area contributed by atoms with Crippen LogP contribution in [0.4, 0.5) is 17.6 Å². The first-order valence-electron chi connectivity index (χ1n) is 15.7. The summed E-state index contributed by atoms with van der Waals surface area (Å²) in [4.78, 5) is 24.2. The Morgan fingerprint density at radius 2 is 1.83 bits per heavy atom. The van der Waals surface area contributed by atoms with Crippen LogP contribution in [-0.2, 0) is 6.42 Å². The summed E-state index contributed by atoms with van der Waals surface area (Å²) >= 11 is 0. The van der Waals surface area contributed by atoms with Gasteiger partial charge in [-0.3, -0.25) is 9.56 Å². The number of H-pyrrole nitrogens is 1. The molecular formula is C33H42F4N8O3. The van der Waals surface area contributed by atoms with Crippen LogP contribution < -0.4 is 32.9 Å².